The number of nitrogens with one attached hydrogen (secondary N) is 2. The van der Waals surface area contributed by atoms with Crippen LogP contribution in [-0.2, 0) is 0 Å². The molecule has 0 bridgehead atoms. The SMILES string of the molecule is Cc1cc(Br)cc(NC(=O)Nc2cccnc2C(=O)O)c1. The second-order valence-electron chi connectivity index (χ2n) is 4.30. The smallest absolute Gasteiger partial charge is 0.356 e. The third-order valence-electron chi connectivity index (χ3n) is 2.56. The number of pyridine rings is 1. The fourth-order valence-electron chi connectivity index (χ4n) is 1.77. The molecule has 0 aliphatic carbocycles. The van der Waals surface area contributed by atoms with E-state index >= 15 is 0 Å². The van der Waals surface area contributed by atoms with Gasteiger partial charge in [0, 0.05) is 16.4 Å². The standard InChI is InChI=1S/C14H12BrN3O3/c1-8-5-9(15)7-10(6-8)17-14(21)18-11-3-2-4-16-12(11)13(19)20/h2-7H,1H3,(H,19,20)(H2,17,18,21). The Morgan fingerprint density at radius 1 is 1.24 bits per heavy atom. The molecular weight excluding hydrogens is 338 g/mol. The summed E-state index contributed by atoms with van der Waals surface area (Å²) in [4.78, 5) is 26.6. The van der Waals surface area contributed by atoms with Crippen LogP contribution in [0.1, 0.15) is 16.1 Å². The normalized spacial score (nSPS) is 10.0. The Morgan fingerprint density at radius 3 is 2.67 bits per heavy atom. The summed E-state index contributed by atoms with van der Waals surface area (Å²) in [7, 11) is 0. The van der Waals surface area contributed by atoms with E-state index in [4.69, 9.17) is 5.11 Å². The molecule has 108 valence electrons. The van der Waals surface area contributed by atoms with Gasteiger partial charge in [0.05, 0.1) is 5.69 Å². The van der Waals surface area contributed by atoms with Crippen molar-refractivity contribution in [3.05, 3.63) is 52.3 Å². The van der Waals surface area contributed by atoms with Crippen LogP contribution in [0, 0.1) is 6.92 Å². The van der Waals surface area contributed by atoms with Gasteiger partial charge >= 0.3 is 12.0 Å². The van der Waals surface area contributed by atoms with Crippen molar-refractivity contribution >= 4 is 39.3 Å². The summed E-state index contributed by atoms with van der Waals surface area (Å²) in [5, 5.41) is 14.1. The second-order valence-corrected chi connectivity index (χ2v) is 5.22. The summed E-state index contributed by atoms with van der Waals surface area (Å²) >= 11 is 3.34. The van der Waals surface area contributed by atoms with Crippen LogP contribution in [0.15, 0.2) is 41.0 Å². The number of aryl methyl sites for hydroxylation is 1. The first-order valence-electron chi connectivity index (χ1n) is 5.99. The Balaban J connectivity index is 2.14. The number of carbonyl (C=O) groups excluding carboxylic acids is 1. The fraction of sp³-hybridized carbons (Fsp3) is 0.0714. The molecule has 7 heteroatoms. The van der Waals surface area contributed by atoms with E-state index in [2.05, 4.69) is 31.5 Å². The zero-order valence-electron chi connectivity index (χ0n) is 11.1. The van der Waals surface area contributed by atoms with Gasteiger partial charge in [-0.05, 0) is 42.8 Å². The number of carboxylic acid groups (broad SMARTS) is 1. The summed E-state index contributed by atoms with van der Waals surface area (Å²) in [6.45, 7) is 1.90. The topological polar surface area (TPSA) is 91.3 Å². The number of aromatic nitrogens is 1. The van der Waals surface area contributed by atoms with Gasteiger partial charge in [0.1, 0.15) is 0 Å². The first kappa shape index (κ1) is 15.0. The maximum atomic E-state index is 11.9. The zero-order valence-corrected chi connectivity index (χ0v) is 12.6. The van der Waals surface area contributed by atoms with Crippen LogP contribution in [0.5, 0.6) is 0 Å². The first-order valence-corrected chi connectivity index (χ1v) is 6.78. The molecule has 0 saturated carbocycles. The van der Waals surface area contributed by atoms with Crippen LogP contribution in [0.4, 0.5) is 16.2 Å². The van der Waals surface area contributed by atoms with Crippen LogP contribution >= 0.6 is 15.9 Å². The third-order valence-corrected chi connectivity index (χ3v) is 3.02. The molecule has 0 saturated heterocycles. The van der Waals surface area contributed by atoms with Crippen LogP contribution < -0.4 is 10.6 Å². The monoisotopic (exact) mass is 349 g/mol. The molecule has 2 rings (SSSR count). The lowest BCUT2D eigenvalue weighted by Crippen LogP contribution is -2.21. The maximum absolute atomic E-state index is 11.9. The average Bonchev–Trinajstić information content (AvgIpc) is 2.37. The number of rotatable bonds is 3. The number of carboxylic acids is 1. The van der Waals surface area contributed by atoms with E-state index in [1.165, 1.54) is 12.3 Å². The Labute approximate surface area is 129 Å². The minimum absolute atomic E-state index is 0.134. The Kier molecular flexibility index (Phi) is 4.54. The number of aromatic carboxylic acids is 1. The molecule has 0 fully saturated rings. The highest BCUT2D eigenvalue weighted by Crippen LogP contribution is 2.19. The molecule has 0 radical (unpaired) electrons. The number of halogens is 1. The van der Waals surface area contributed by atoms with Gasteiger partial charge in [0.15, 0.2) is 5.69 Å². The molecule has 21 heavy (non-hydrogen) atoms. The molecule has 2 amide bonds. The molecule has 1 aromatic carbocycles. The van der Waals surface area contributed by atoms with E-state index in [1.54, 1.807) is 18.2 Å². The van der Waals surface area contributed by atoms with Crippen LogP contribution in [0.2, 0.25) is 0 Å². The van der Waals surface area contributed by atoms with Crippen molar-refractivity contribution in [3.63, 3.8) is 0 Å². The number of nitrogens with zero attached hydrogens (tertiary/aromatic N) is 1. The molecule has 6 nitrogen and oxygen atoms in total. The van der Waals surface area contributed by atoms with Crippen molar-refractivity contribution < 1.29 is 14.7 Å². The van der Waals surface area contributed by atoms with E-state index in [1.807, 2.05) is 13.0 Å². The molecule has 0 spiro atoms. The Morgan fingerprint density at radius 2 is 2.00 bits per heavy atom. The highest BCUT2D eigenvalue weighted by Gasteiger charge is 2.13. The highest BCUT2D eigenvalue weighted by molar-refractivity contribution is 9.10. The minimum atomic E-state index is -1.20. The average molecular weight is 350 g/mol. The van der Waals surface area contributed by atoms with Crippen LogP contribution in [0.3, 0.4) is 0 Å². The Hall–Kier alpha value is -2.41. The van der Waals surface area contributed by atoms with E-state index in [0.29, 0.717) is 5.69 Å². The molecule has 0 atom stereocenters. The number of carbonyl (C=O) groups is 2. The summed E-state index contributed by atoms with van der Waals surface area (Å²) in [5.74, 6) is -1.20. The third kappa shape index (κ3) is 4.03. The fourth-order valence-corrected chi connectivity index (χ4v) is 2.38. The second kappa shape index (κ2) is 6.36. The number of benzene rings is 1. The van der Waals surface area contributed by atoms with Gasteiger partial charge in [-0.15, -0.1) is 0 Å². The van der Waals surface area contributed by atoms with Crippen molar-refractivity contribution in [3.8, 4) is 0 Å². The number of hydrogen-bond donors (Lipinski definition) is 3. The van der Waals surface area contributed by atoms with E-state index in [-0.39, 0.29) is 11.4 Å². The van der Waals surface area contributed by atoms with Gasteiger partial charge in [-0.25, -0.2) is 14.6 Å². The number of anilines is 2. The molecule has 0 aliphatic heterocycles. The molecule has 0 unspecified atom stereocenters. The van der Waals surface area contributed by atoms with Crippen molar-refractivity contribution in [1.29, 1.82) is 0 Å². The molecule has 1 aromatic heterocycles. The summed E-state index contributed by atoms with van der Waals surface area (Å²) in [5.41, 5.74) is 1.50. The largest absolute Gasteiger partial charge is 0.476 e. The predicted octanol–water partition coefficient (Wildman–Crippen LogP) is 3.49. The van der Waals surface area contributed by atoms with Gasteiger partial charge in [-0.1, -0.05) is 15.9 Å². The molecule has 0 aliphatic rings. The van der Waals surface area contributed by atoms with Crippen molar-refractivity contribution in [2.75, 3.05) is 10.6 Å². The van der Waals surface area contributed by atoms with Crippen LogP contribution in [-0.4, -0.2) is 22.1 Å². The van der Waals surface area contributed by atoms with Gasteiger partial charge in [0.2, 0.25) is 0 Å². The molecule has 3 N–H and O–H groups in total. The molecule has 1 heterocycles. The summed E-state index contributed by atoms with van der Waals surface area (Å²) < 4.78 is 0.838. The summed E-state index contributed by atoms with van der Waals surface area (Å²) in [6.07, 6.45) is 1.35. The lowest BCUT2D eigenvalue weighted by atomic mass is 10.2. The van der Waals surface area contributed by atoms with Crippen LogP contribution in [0.25, 0.3) is 0 Å². The number of urea groups is 1. The summed E-state index contributed by atoms with van der Waals surface area (Å²) in [6, 6.07) is 7.93. The molecule has 2 aromatic rings. The lowest BCUT2D eigenvalue weighted by molar-refractivity contribution is 0.0692. The van der Waals surface area contributed by atoms with E-state index in [9.17, 15) is 9.59 Å². The van der Waals surface area contributed by atoms with Gasteiger partial charge < -0.3 is 15.7 Å². The Bertz CT molecular complexity index is 683. The van der Waals surface area contributed by atoms with Crippen molar-refractivity contribution in [2.45, 2.75) is 6.92 Å². The van der Waals surface area contributed by atoms with Crippen molar-refractivity contribution in [1.82, 2.24) is 4.98 Å². The van der Waals surface area contributed by atoms with E-state index in [0.717, 1.165) is 10.0 Å². The van der Waals surface area contributed by atoms with Gasteiger partial charge in [0.25, 0.3) is 0 Å². The zero-order chi connectivity index (χ0) is 15.4. The molecular formula is C14H12BrN3O3. The highest BCUT2D eigenvalue weighted by atomic mass is 79.9. The van der Waals surface area contributed by atoms with Gasteiger partial charge in [-0.2, -0.15) is 0 Å². The van der Waals surface area contributed by atoms with Gasteiger partial charge in [-0.3, -0.25) is 0 Å². The quantitative estimate of drug-likeness (QED) is 0.790. The maximum Gasteiger partial charge on any atom is 0.356 e. The predicted molar refractivity (Wildman–Crippen MR) is 82.7 cm³/mol. The minimum Gasteiger partial charge on any atom is -0.476 e. The number of amides is 2. The van der Waals surface area contributed by atoms with E-state index < -0.39 is 12.0 Å². The lowest BCUT2D eigenvalue weighted by Gasteiger charge is -2.10. The number of hydrogen-bond acceptors (Lipinski definition) is 3. The van der Waals surface area contributed by atoms with Crippen molar-refractivity contribution in [2.24, 2.45) is 0 Å². The first-order chi connectivity index (χ1) is 9.95.